The van der Waals surface area contributed by atoms with Crippen LogP contribution >= 0.6 is 0 Å². The van der Waals surface area contributed by atoms with Crippen molar-refractivity contribution < 1.29 is 13.2 Å². The second-order valence-corrected chi connectivity index (χ2v) is 9.16. The Morgan fingerprint density at radius 3 is 2.40 bits per heavy atom. The maximum absolute atomic E-state index is 12.8. The molecule has 1 amide bonds. The summed E-state index contributed by atoms with van der Waals surface area (Å²) >= 11 is 0. The molecule has 0 spiro atoms. The molecular formula is C21H23N5O3S. The second-order valence-electron chi connectivity index (χ2n) is 7.59. The van der Waals surface area contributed by atoms with Crippen molar-refractivity contribution in [1.82, 2.24) is 19.7 Å². The van der Waals surface area contributed by atoms with Gasteiger partial charge in [0.25, 0.3) is 5.91 Å². The average Bonchev–Trinajstić information content (AvgIpc) is 3.44. The van der Waals surface area contributed by atoms with E-state index in [2.05, 4.69) is 10.1 Å². The van der Waals surface area contributed by atoms with Gasteiger partial charge >= 0.3 is 0 Å². The van der Waals surface area contributed by atoms with E-state index in [0.717, 1.165) is 18.4 Å². The van der Waals surface area contributed by atoms with Crippen LogP contribution in [0, 0.1) is 5.92 Å². The molecule has 8 nitrogen and oxygen atoms in total. The van der Waals surface area contributed by atoms with Crippen LogP contribution < -0.4 is 5.14 Å². The van der Waals surface area contributed by atoms with Crippen molar-refractivity contribution >= 4 is 15.9 Å². The third kappa shape index (κ3) is 4.58. The third-order valence-corrected chi connectivity index (χ3v) is 5.99. The highest BCUT2D eigenvalue weighted by molar-refractivity contribution is 7.89. The first-order valence-electron chi connectivity index (χ1n) is 9.70. The highest BCUT2D eigenvalue weighted by Gasteiger charge is 2.27. The van der Waals surface area contributed by atoms with E-state index in [-0.39, 0.29) is 16.6 Å². The summed E-state index contributed by atoms with van der Waals surface area (Å²) in [5.74, 6) is 1.05. The fourth-order valence-electron chi connectivity index (χ4n) is 3.25. The zero-order valence-electron chi connectivity index (χ0n) is 16.6. The molecule has 1 aliphatic rings. The summed E-state index contributed by atoms with van der Waals surface area (Å²) in [7, 11) is -2.03. The van der Waals surface area contributed by atoms with Crippen molar-refractivity contribution in [3.63, 3.8) is 0 Å². The van der Waals surface area contributed by atoms with Gasteiger partial charge in [0.05, 0.1) is 10.6 Å². The Morgan fingerprint density at radius 1 is 1.13 bits per heavy atom. The Balaban J connectivity index is 1.69. The van der Waals surface area contributed by atoms with E-state index in [1.807, 2.05) is 30.3 Å². The fourth-order valence-corrected chi connectivity index (χ4v) is 3.77. The van der Waals surface area contributed by atoms with Crippen molar-refractivity contribution in [2.75, 3.05) is 13.6 Å². The van der Waals surface area contributed by atoms with Gasteiger partial charge in [-0.05, 0) is 48.6 Å². The Morgan fingerprint density at radius 2 is 1.80 bits per heavy atom. The summed E-state index contributed by atoms with van der Waals surface area (Å²) in [5.41, 5.74) is 1.63. The molecule has 0 atom stereocenters. The lowest BCUT2D eigenvalue weighted by Crippen LogP contribution is -2.29. The lowest BCUT2D eigenvalue weighted by molar-refractivity contribution is 0.0776. The predicted octanol–water partition coefficient (Wildman–Crippen LogP) is 1.99. The van der Waals surface area contributed by atoms with Crippen molar-refractivity contribution in [3.8, 4) is 5.69 Å². The molecule has 3 aromatic rings. The number of rotatable bonds is 7. The minimum Gasteiger partial charge on any atom is -0.339 e. The molecule has 1 aliphatic carbocycles. The van der Waals surface area contributed by atoms with E-state index in [9.17, 15) is 13.2 Å². The van der Waals surface area contributed by atoms with Gasteiger partial charge in [-0.1, -0.05) is 30.3 Å². The van der Waals surface area contributed by atoms with Crippen LogP contribution in [0.5, 0.6) is 0 Å². The molecule has 2 N–H and O–H groups in total. The van der Waals surface area contributed by atoms with Gasteiger partial charge in [-0.25, -0.2) is 23.2 Å². The summed E-state index contributed by atoms with van der Waals surface area (Å²) in [5, 5.41) is 9.64. The molecule has 1 aromatic heterocycles. The van der Waals surface area contributed by atoms with E-state index in [4.69, 9.17) is 5.14 Å². The van der Waals surface area contributed by atoms with Crippen LogP contribution in [0.4, 0.5) is 0 Å². The first-order valence-corrected chi connectivity index (χ1v) is 11.2. The number of benzene rings is 2. The monoisotopic (exact) mass is 425 g/mol. The number of sulfonamides is 1. The van der Waals surface area contributed by atoms with Crippen LogP contribution in [0.1, 0.15) is 34.8 Å². The molecule has 0 saturated heterocycles. The van der Waals surface area contributed by atoms with E-state index in [1.54, 1.807) is 28.8 Å². The quantitative estimate of drug-likeness (QED) is 0.622. The molecule has 1 saturated carbocycles. The maximum Gasteiger partial charge on any atom is 0.293 e. The molecule has 0 unspecified atom stereocenters. The number of hydrogen-bond donors (Lipinski definition) is 1. The number of amides is 1. The zero-order valence-corrected chi connectivity index (χ0v) is 17.4. The maximum atomic E-state index is 12.8. The van der Waals surface area contributed by atoms with Gasteiger partial charge < -0.3 is 4.90 Å². The molecule has 0 bridgehead atoms. The van der Waals surface area contributed by atoms with Gasteiger partial charge in [0.15, 0.2) is 0 Å². The largest absolute Gasteiger partial charge is 0.339 e. The third-order valence-electron chi connectivity index (χ3n) is 5.06. The normalized spacial score (nSPS) is 13.9. The van der Waals surface area contributed by atoms with Gasteiger partial charge in [-0.15, -0.1) is 5.10 Å². The van der Waals surface area contributed by atoms with Crippen LogP contribution in [0.3, 0.4) is 0 Å². The van der Waals surface area contributed by atoms with E-state index >= 15 is 0 Å². The molecule has 1 fully saturated rings. The molecule has 0 radical (unpaired) electrons. The standard InChI is InChI=1S/C21H23N5O3S/c1-25(14-16-7-8-16)21(27)20-23-19(13-15-5-3-2-4-6-15)26(24-20)17-9-11-18(12-10-17)30(22,28)29/h2-6,9-12,16H,7-8,13-14H2,1H3,(H2,22,28,29). The topological polar surface area (TPSA) is 111 Å². The molecule has 2 aromatic carbocycles. The van der Waals surface area contributed by atoms with Crippen molar-refractivity contribution in [3.05, 3.63) is 71.8 Å². The van der Waals surface area contributed by atoms with Gasteiger partial charge in [0.2, 0.25) is 15.8 Å². The van der Waals surface area contributed by atoms with Crippen LogP contribution in [0.25, 0.3) is 5.69 Å². The Bertz CT molecular complexity index is 1150. The lowest BCUT2D eigenvalue weighted by atomic mass is 10.1. The number of carbonyl (C=O) groups is 1. The van der Waals surface area contributed by atoms with Crippen LogP contribution in [-0.2, 0) is 16.4 Å². The predicted molar refractivity (Wildman–Crippen MR) is 112 cm³/mol. The summed E-state index contributed by atoms with van der Waals surface area (Å²) in [6, 6.07) is 15.8. The van der Waals surface area contributed by atoms with E-state index < -0.39 is 10.0 Å². The summed E-state index contributed by atoms with van der Waals surface area (Å²) in [6.07, 6.45) is 2.77. The first-order chi connectivity index (χ1) is 14.3. The Hall–Kier alpha value is -3.04. The molecule has 30 heavy (non-hydrogen) atoms. The van der Waals surface area contributed by atoms with Crippen molar-refractivity contribution in [1.29, 1.82) is 0 Å². The summed E-state index contributed by atoms with van der Waals surface area (Å²) in [6.45, 7) is 0.699. The van der Waals surface area contributed by atoms with Gasteiger partial charge in [0, 0.05) is 20.0 Å². The van der Waals surface area contributed by atoms with Gasteiger partial charge in [-0.3, -0.25) is 4.79 Å². The molecule has 4 rings (SSSR count). The zero-order chi connectivity index (χ0) is 21.3. The lowest BCUT2D eigenvalue weighted by Gasteiger charge is -2.14. The average molecular weight is 426 g/mol. The molecule has 156 valence electrons. The Kier molecular flexibility index (Phi) is 5.40. The van der Waals surface area contributed by atoms with Crippen LogP contribution in [0.15, 0.2) is 59.5 Å². The number of primary sulfonamides is 1. The minimum atomic E-state index is -3.79. The Labute approximate surface area is 175 Å². The highest BCUT2D eigenvalue weighted by Crippen LogP contribution is 2.29. The minimum absolute atomic E-state index is 0.0106. The number of aromatic nitrogens is 3. The van der Waals surface area contributed by atoms with Gasteiger partial charge in [-0.2, -0.15) is 0 Å². The highest BCUT2D eigenvalue weighted by atomic mass is 32.2. The number of hydrogen-bond acceptors (Lipinski definition) is 5. The number of nitrogens with two attached hydrogens (primary N) is 1. The smallest absolute Gasteiger partial charge is 0.293 e. The van der Waals surface area contributed by atoms with E-state index in [0.29, 0.717) is 30.4 Å². The molecular weight excluding hydrogens is 402 g/mol. The summed E-state index contributed by atoms with van der Waals surface area (Å²) in [4.78, 5) is 19.0. The van der Waals surface area contributed by atoms with Crippen LogP contribution in [-0.4, -0.2) is 47.6 Å². The van der Waals surface area contributed by atoms with Crippen molar-refractivity contribution in [2.45, 2.75) is 24.2 Å². The first kappa shape index (κ1) is 20.2. The number of nitrogens with zero attached hydrogens (tertiary/aromatic N) is 4. The molecule has 0 aliphatic heterocycles. The SMILES string of the molecule is CN(CC1CC1)C(=O)c1nc(Cc2ccccc2)n(-c2ccc(S(N)(=O)=O)cc2)n1. The van der Waals surface area contributed by atoms with Crippen molar-refractivity contribution in [2.24, 2.45) is 11.1 Å². The molecule has 1 heterocycles. The fraction of sp³-hybridized carbons (Fsp3) is 0.286. The van der Waals surface area contributed by atoms with Gasteiger partial charge in [0.1, 0.15) is 5.82 Å². The second kappa shape index (κ2) is 8.00. The molecule has 9 heteroatoms. The van der Waals surface area contributed by atoms with Crippen LogP contribution in [0.2, 0.25) is 0 Å². The van der Waals surface area contributed by atoms with E-state index in [1.165, 1.54) is 12.1 Å². The number of carbonyl (C=O) groups excluding carboxylic acids is 1. The summed E-state index contributed by atoms with van der Waals surface area (Å²) < 4.78 is 24.7.